The lowest BCUT2D eigenvalue weighted by Gasteiger charge is -2.30. The largest absolute Gasteiger partial charge is 0.364 e. The van der Waals surface area contributed by atoms with E-state index in [9.17, 15) is 0 Å². The second-order valence-corrected chi connectivity index (χ2v) is 4.40. The Balaban J connectivity index is 2.39. The number of rotatable bonds is 2. The Kier molecular flexibility index (Phi) is 3.09. The van der Waals surface area contributed by atoms with Crippen molar-refractivity contribution in [1.82, 2.24) is 4.98 Å². The predicted octanol–water partition coefficient (Wildman–Crippen LogP) is 2.72. The van der Waals surface area contributed by atoms with Crippen LogP contribution in [0.3, 0.4) is 0 Å². The minimum absolute atomic E-state index is 0.515. The lowest BCUT2D eigenvalue weighted by Crippen LogP contribution is -2.34. The van der Waals surface area contributed by atoms with Gasteiger partial charge in [0.25, 0.3) is 0 Å². The topological polar surface area (TPSA) is 39.9 Å². The van der Waals surface area contributed by atoms with Crippen molar-refractivity contribution in [3.63, 3.8) is 0 Å². The van der Waals surface area contributed by atoms with Crippen molar-refractivity contribution >= 4 is 5.69 Å². The highest BCUT2D eigenvalue weighted by Crippen LogP contribution is 2.33. The van der Waals surface area contributed by atoms with Crippen LogP contribution in [-0.4, -0.2) is 17.1 Å². The van der Waals surface area contributed by atoms with Gasteiger partial charge in [0.15, 0.2) is 0 Å². The Hall–Kier alpha value is -1.56. The van der Waals surface area contributed by atoms with E-state index >= 15 is 0 Å². The van der Waals surface area contributed by atoms with Crippen LogP contribution in [0.4, 0.5) is 5.69 Å². The van der Waals surface area contributed by atoms with E-state index in [1.165, 1.54) is 12.8 Å². The minimum atomic E-state index is 0.515. The molecule has 0 radical (unpaired) electrons. The summed E-state index contributed by atoms with van der Waals surface area (Å²) in [5, 5.41) is 9.12. The highest BCUT2D eigenvalue weighted by molar-refractivity contribution is 5.59. The van der Waals surface area contributed by atoms with Crippen LogP contribution < -0.4 is 4.90 Å². The molecule has 3 nitrogen and oxygen atoms in total. The monoisotopic (exact) mass is 215 g/mol. The smallest absolute Gasteiger partial charge is 0.101 e. The summed E-state index contributed by atoms with van der Waals surface area (Å²) >= 11 is 0. The van der Waals surface area contributed by atoms with Gasteiger partial charge in [-0.1, -0.05) is 6.92 Å². The number of nitrogens with zero attached hydrogens (tertiary/aromatic N) is 3. The van der Waals surface area contributed by atoms with Gasteiger partial charge >= 0.3 is 0 Å². The number of pyridine rings is 1. The highest BCUT2D eigenvalue weighted by Gasteiger charge is 2.30. The average molecular weight is 215 g/mol. The Morgan fingerprint density at radius 1 is 1.56 bits per heavy atom. The molecule has 1 aliphatic heterocycles. The van der Waals surface area contributed by atoms with Crippen molar-refractivity contribution in [1.29, 1.82) is 5.26 Å². The maximum absolute atomic E-state index is 9.12. The molecule has 0 amide bonds. The number of anilines is 1. The summed E-state index contributed by atoms with van der Waals surface area (Å²) in [7, 11) is 0. The first-order valence-corrected chi connectivity index (χ1v) is 5.90. The second-order valence-electron chi connectivity index (χ2n) is 4.40. The summed E-state index contributed by atoms with van der Waals surface area (Å²) < 4.78 is 0. The molecule has 1 aromatic rings. The van der Waals surface area contributed by atoms with Gasteiger partial charge in [-0.15, -0.1) is 0 Å². The molecule has 0 saturated carbocycles. The lowest BCUT2D eigenvalue weighted by molar-refractivity contribution is 0.626. The van der Waals surface area contributed by atoms with Crippen molar-refractivity contribution in [2.24, 2.45) is 0 Å². The van der Waals surface area contributed by atoms with Crippen LogP contribution in [0.1, 0.15) is 38.7 Å². The molecule has 1 fully saturated rings. The molecule has 1 aliphatic rings. The van der Waals surface area contributed by atoms with E-state index < -0.39 is 0 Å². The van der Waals surface area contributed by atoms with Gasteiger partial charge in [-0.05, 0) is 32.3 Å². The van der Waals surface area contributed by atoms with Crippen molar-refractivity contribution in [2.45, 2.75) is 45.2 Å². The molecular formula is C13H17N3. The van der Waals surface area contributed by atoms with Crippen molar-refractivity contribution in [3.05, 3.63) is 24.0 Å². The minimum Gasteiger partial charge on any atom is -0.364 e. The van der Waals surface area contributed by atoms with Gasteiger partial charge in [-0.25, -0.2) is 0 Å². The maximum atomic E-state index is 9.12. The van der Waals surface area contributed by atoms with E-state index in [0.717, 1.165) is 17.7 Å². The zero-order chi connectivity index (χ0) is 11.5. The van der Waals surface area contributed by atoms with Crippen LogP contribution in [0.15, 0.2) is 18.5 Å². The molecule has 0 bridgehead atoms. The third kappa shape index (κ3) is 1.76. The molecule has 2 atom stereocenters. The van der Waals surface area contributed by atoms with Crippen LogP contribution in [0, 0.1) is 11.3 Å². The van der Waals surface area contributed by atoms with Crippen LogP contribution in [0.2, 0.25) is 0 Å². The molecule has 0 N–H and O–H groups in total. The zero-order valence-electron chi connectivity index (χ0n) is 9.85. The van der Waals surface area contributed by atoms with Crippen LogP contribution >= 0.6 is 0 Å². The number of nitriles is 1. The maximum Gasteiger partial charge on any atom is 0.101 e. The lowest BCUT2D eigenvalue weighted by atomic mass is 10.1. The first-order valence-electron chi connectivity index (χ1n) is 5.90. The molecule has 1 saturated heterocycles. The van der Waals surface area contributed by atoms with Gasteiger partial charge < -0.3 is 4.90 Å². The van der Waals surface area contributed by atoms with Crippen LogP contribution in [0.25, 0.3) is 0 Å². The Morgan fingerprint density at radius 2 is 2.38 bits per heavy atom. The molecule has 0 aromatic carbocycles. The fourth-order valence-corrected chi connectivity index (χ4v) is 2.59. The van der Waals surface area contributed by atoms with E-state index in [0.29, 0.717) is 12.1 Å². The van der Waals surface area contributed by atoms with Crippen molar-refractivity contribution in [2.75, 3.05) is 4.90 Å². The van der Waals surface area contributed by atoms with Crippen molar-refractivity contribution in [3.8, 4) is 6.07 Å². The van der Waals surface area contributed by atoms with Gasteiger partial charge in [0.1, 0.15) is 6.07 Å². The molecule has 0 aliphatic carbocycles. The summed E-state index contributed by atoms with van der Waals surface area (Å²) in [6.07, 6.45) is 7.06. The SMILES string of the molecule is CCC1CCC(C)N1c1cnccc1C#N. The summed E-state index contributed by atoms with van der Waals surface area (Å²) in [5.41, 5.74) is 1.74. The molecule has 1 aromatic heterocycles. The first-order chi connectivity index (χ1) is 7.77. The normalized spacial score (nSPS) is 24.4. The van der Waals surface area contributed by atoms with Crippen LogP contribution in [0.5, 0.6) is 0 Å². The van der Waals surface area contributed by atoms with E-state index in [-0.39, 0.29) is 0 Å². The van der Waals surface area contributed by atoms with Gasteiger partial charge in [0.05, 0.1) is 17.4 Å². The summed E-state index contributed by atoms with van der Waals surface area (Å²) in [4.78, 5) is 6.51. The molecule has 3 heteroatoms. The average Bonchev–Trinajstić information content (AvgIpc) is 2.70. The molecule has 2 unspecified atom stereocenters. The number of hydrogen-bond donors (Lipinski definition) is 0. The standard InChI is InChI=1S/C13H17N3/c1-3-12-5-4-10(2)16(12)13-9-15-7-6-11(13)8-14/h6-7,9-10,12H,3-5H2,1-2H3. The third-order valence-electron chi connectivity index (χ3n) is 3.46. The molecule has 2 rings (SSSR count). The number of aromatic nitrogens is 1. The molecule has 2 heterocycles. The van der Waals surface area contributed by atoms with E-state index in [4.69, 9.17) is 5.26 Å². The van der Waals surface area contributed by atoms with Gasteiger partial charge in [0.2, 0.25) is 0 Å². The second kappa shape index (κ2) is 4.52. The van der Waals surface area contributed by atoms with E-state index in [1.54, 1.807) is 12.3 Å². The first kappa shape index (κ1) is 10.9. The van der Waals surface area contributed by atoms with E-state index in [2.05, 4.69) is 29.8 Å². The van der Waals surface area contributed by atoms with Gasteiger partial charge in [-0.3, -0.25) is 4.98 Å². The zero-order valence-corrected chi connectivity index (χ0v) is 9.85. The van der Waals surface area contributed by atoms with Gasteiger partial charge in [-0.2, -0.15) is 5.26 Å². The molecule has 16 heavy (non-hydrogen) atoms. The third-order valence-corrected chi connectivity index (χ3v) is 3.46. The summed E-state index contributed by atoms with van der Waals surface area (Å²) in [6.45, 7) is 4.43. The predicted molar refractivity (Wildman–Crippen MR) is 64.2 cm³/mol. The quantitative estimate of drug-likeness (QED) is 0.761. The fraction of sp³-hybridized carbons (Fsp3) is 0.538. The Bertz CT molecular complexity index is 408. The molecule has 0 spiro atoms. The summed E-state index contributed by atoms with van der Waals surface area (Å²) in [5.74, 6) is 0. The van der Waals surface area contributed by atoms with Crippen LogP contribution in [-0.2, 0) is 0 Å². The fourth-order valence-electron chi connectivity index (χ4n) is 2.59. The van der Waals surface area contributed by atoms with Crippen molar-refractivity contribution < 1.29 is 0 Å². The number of hydrogen-bond acceptors (Lipinski definition) is 3. The molecular weight excluding hydrogens is 198 g/mol. The summed E-state index contributed by atoms with van der Waals surface area (Å²) in [6, 6.07) is 5.13. The highest BCUT2D eigenvalue weighted by atomic mass is 15.2. The molecule has 84 valence electrons. The van der Waals surface area contributed by atoms with Gasteiger partial charge in [0, 0.05) is 18.3 Å². The van der Waals surface area contributed by atoms with E-state index in [1.807, 2.05) is 6.20 Å². The Labute approximate surface area is 96.7 Å². The Morgan fingerprint density at radius 3 is 3.06 bits per heavy atom.